The van der Waals surface area contributed by atoms with Gasteiger partial charge in [-0.25, -0.2) is 0 Å². The molecule has 0 spiro atoms. The molecule has 16 heavy (non-hydrogen) atoms. The molecule has 0 fully saturated rings. The number of H-pyrrole nitrogens is 1. The zero-order chi connectivity index (χ0) is 12.0. The van der Waals surface area contributed by atoms with Gasteiger partial charge in [0.25, 0.3) is 0 Å². The van der Waals surface area contributed by atoms with Gasteiger partial charge in [-0.15, -0.1) is 0 Å². The Morgan fingerprint density at radius 2 is 2.19 bits per heavy atom. The second-order valence-corrected chi connectivity index (χ2v) is 3.04. The van der Waals surface area contributed by atoms with Crippen molar-refractivity contribution in [2.24, 2.45) is 0 Å². The first-order valence-corrected chi connectivity index (χ1v) is 4.57. The van der Waals surface area contributed by atoms with Crippen LogP contribution in [0.25, 0.3) is 0 Å². The highest BCUT2D eigenvalue weighted by atomic mass is 16.2. The molecule has 0 saturated carbocycles. The molecule has 0 radical (unpaired) electrons. The van der Waals surface area contributed by atoms with Gasteiger partial charge in [0.15, 0.2) is 0 Å². The van der Waals surface area contributed by atoms with Gasteiger partial charge in [0.2, 0.25) is 0 Å². The van der Waals surface area contributed by atoms with Gasteiger partial charge in [-0.3, -0.25) is 14.7 Å². The lowest BCUT2D eigenvalue weighted by Crippen LogP contribution is -2.39. The quantitative estimate of drug-likeness (QED) is 0.448. The Kier molecular flexibility index (Phi) is 4.03. The van der Waals surface area contributed by atoms with Crippen LogP contribution in [0.1, 0.15) is 11.3 Å². The van der Waals surface area contributed by atoms with E-state index in [2.05, 4.69) is 20.8 Å². The Hall–Kier alpha value is -2.36. The molecule has 7 nitrogen and oxygen atoms in total. The molecule has 1 aromatic rings. The molecular formula is C9H11N5O2. The molecule has 0 bridgehead atoms. The summed E-state index contributed by atoms with van der Waals surface area (Å²) in [5.41, 5.74) is 1.64. The third-order valence-corrected chi connectivity index (χ3v) is 1.91. The first-order valence-electron chi connectivity index (χ1n) is 4.57. The van der Waals surface area contributed by atoms with E-state index in [9.17, 15) is 9.59 Å². The van der Waals surface area contributed by atoms with Crippen LogP contribution in [0.5, 0.6) is 0 Å². The van der Waals surface area contributed by atoms with Gasteiger partial charge in [-0.1, -0.05) is 0 Å². The van der Waals surface area contributed by atoms with Crippen molar-refractivity contribution < 1.29 is 9.59 Å². The zero-order valence-corrected chi connectivity index (χ0v) is 8.70. The van der Waals surface area contributed by atoms with Crippen LogP contribution in [0, 0.1) is 18.3 Å². The minimum Gasteiger partial charge on any atom is -0.344 e. The summed E-state index contributed by atoms with van der Waals surface area (Å²) in [6, 6.07) is 1.71. The van der Waals surface area contributed by atoms with Crippen LogP contribution in [0.4, 0.5) is 0 Å². The molecule has 2 amide bonds. The van der Waals surface area contributed by atoms with E-state index in [1.54, 1.807) is 12.3 Å². The second kappa shape index (κ2) is 5.50. The third-order valence-electron chi connectivity index (χ3n) is 1.91. The maximum Gasteiger partial charge on any atom is 0.310 e. The van der Waals surface area contributed by atoms with Gasteiger partial charge in [0.1, 0.15) is 6.54 Å². The lowest BCUT2D eigenvalue weighted by molar-refractivity contribution is -0.139. The highest BCUT2D eigenvalue weighted by Gasteiger charge is 2.12. The van der Waals surface area contributed by atoms with Crippen molar-refractivity contribution in [2.45, 2.75) is 13.5 Å². The Labute approximate surface area is 91.8 Å². The summed E-state index contributed by atoms with van der Waals surface area (Å²) in [4.78, 5) is 22.2. The van der Waals surface area contributed by atoms with Crippen LogP contribution in [-0.4, -0.2) is 28.6 Å². The lowest BCUT2D eigenvalue weighted by Gasteiger charge is -2.03. The highest BCUT2D eigenvalue weighted by molar-refractivity contribution is 6.35. The van der Waals surface area contributed by atoms with Crippen molar-refractivity contribution >= 4 is 11.8 Å². The van der Waals surface area contributed by atoms with E-state index < -0.39 is 11.8 Å². The summed E-state index contributed by atoms with van der Waals surface area (Å²) in [6.07, 6.45) is 1.57. The predicted octanol–water partition coefficient (Wildman–Crippen LogP) is -1.03. The van der Waals surface area contributed by atoms with Crippen LogP contribution >= 0.6 is 0 Å². The lowest BCUT2D eigenvalue weighted by atomic mass is 10.2. The number of aromatic amines is 1. The molecule has 7 heteroatoms. The maximum absolute atomic E-state index is 11.2. The molecule has 1 aromatic heterocycles. The summed E-state index contributed by atoms with van der Waals surface area (Å²) < 4.78 is 0. The zero-order valence-electron chi connectivity index (χ0n) is 8.70. The number of nitrogens with one attached hydrogen (secondary N) is 3. The summed E-state index contributed by atoms with van der Waals surface area (Å²) in [6.45, 7) is 1.85. The number of rotatable bonds is 3. The third kappa shape index (κ3) is 3.09. The Morgan fingerprint density at radius 1 is 1.50 bits per heavy atom. The SMILES string of the molecule is Cc1[nH]ncc1CNC(=O)C(=O)NCC#N. The molecule has 0 unspecified atom stereocenters. The van der Waals surface area contributed by atoms with Crippen LogP contribution in [-0.2, 0) is 16.1 Å². The van der Waals surface area contributed by atoms with Crippen LogP contribution in [0.15, 0.2) is 6.20 Å². The number of hydrogen-bond donors (Lipinski definition) is 3. The molecule has 0 saturated heterocycles. The van der Waals surface area contributed by atoms with E-state index in [0.717, 1.165) is 11.3 Å². The second-order valence-electron chi connectivity index (χ2n) is 3.04. The van der Waals surface area contributed by atoms with E-state index in [4.69, 9.17) is 5.26 Å². The van der Waals surface area contributed by atoms with E-state index in [0.29, 0.717) is 0 Å². The molecule has 0 aliphatic heterocycles. The number of aryl methyl sites for hydroxylation is 1. The maximum atomic E-state index is 11.2. The van der Waals surface area contributed by atoms with Crippen LogP contribution < -0.4 is 10.6 Å². The van der Waals surface area contributed by atoms with Crippen molar-refractivity contribution in [3.05, 3.63) is 17.5 Å². The fraction of sp³-hybridized carbons (Fsp3) is 0.333. The topological polar surface area (TPSA) is 111 Å². The van der Waals surface area contributed by atoms with Gasteiger partial charge in [0.05, 0.1) is 12.3 Å². The van der Waals surface area contributed by atoms with Crippen LogP contribution in [0.3, 0.4) is 0 Å². The fourth-order valence-corrected chi connectivity index (χ4v) is 1.01. The molecule has 84 valence electrons. The monoisotopic (exact) mass is 221 g/mol. The number of carbonyl (C=O) groups is 2. The summed E-state index contributed by atoms with van der Waals surface area (Å²) >= 11 is 0. The fourth-order valence-electron chi connectivity index (χ4n) is 1.01. The first-order chi connectivity index (χ1) is 7.65. The summed E-state index contributed by atoms with van der Waals surface area (Å²) in [5.74, 6) is -1.58. The largest absolute Gasteiger partial charge is 0.344 e. The average molecular weight is 221 g/mol. The van der Waals surface area contributed by atoms with Gasteiger partial charge in [-0.05, 0) is 6.92 Å². The predicted molar refractivity (Wildman–Crippen MR) is 53.8 cm³/mol. The normalized spacial score (nSPS) is 9.25. The summed E-state index contributed by atoms with van der Waals surface area (Å²) in [7, 11) is 0. The number of nitrogens with zero attached hydrogens (tertiary/aromatic N) is 2. The van der Waals surface area contributed by atoms with E-state index in [1.807, 2.05) is 6.92 Å². The molecule has 0 atom stereocenters. The van der Waals surface area contributed by atoms with Gasteiger partial charge in [-0.2, -0.15) is 10.4 Å². The number of amides is 2. The average Bonchev–Trinajstić information content (AvgIpc) is 2.68. The molecule has 3 N–H and O–H groups in total. The summed E-state index contributed by atoms with van der Waals surface area (Å²) in [5, 5.41) is 19.2. The minimum absolute atomic E-state index is 0.184. The van der Waals surface area contributed by atoms with Gasteiger partial charge >= 0.3 is 11.8 Å². The molecule has 1 rings (SSSR count). The van der Waals surface area contributed by atoms with Crippen molar-refractivity contribution in [3.63, 3.8) is 0 Å². The number of nitriles is 1. The number of aromatic nitrogens is 2. The van der Waals surface area contributed by atoms with Crippen LogP contribution in [0.2, 0.25) is 0 Å². The minimum atomic E-state index is -0.817. The van der Waals surface area contributed by atoms with E-state index in [-0.39, 0.29) is 13.1 Å². The number of hydrogen-bond acceptors (Lipinski definition) is 4. The van der Waals surface area contributed by atoms with Gasteiger partial charge in [0, 0.05) is 17.8 Å². The van der Waals surface area contributed by atoms with Crippen molar-refractivity contribution in [1.29, 1.82) is 5.26 Å². The van der Waals surface area contributed by atoms with E-state index in [1.165, 1.54) is 0 Å². The smallest absolute Gasteiger partial charge is 0.310 e. The molecule has 0 aliphatic rings. The van der Waals surface area contributed by atoms with Gasteiger partial charge < -0.3 is 10.6 Å². The molecule has 1 heterocycles. The molecular weight excluding hydrogens is 210 g/mol. The Bertz CT molecular complexity index is 431. The Morgan fingerprint density at radius 3 is 2.75 bits per heavy atom. The first kappa shape index (κ1) is 11.7. The molecule has 0 aromatic carbocycles. The Balaban J connectivity index is 2.39. The van der Waals surface area contributed by atoms with Crippen molar-refractivity contribution in [1.82, 2.24) is 20.8 Å². The van der Waals surface area contributed by atoms with Crippen molar-refractivity contribution in [2.75, 3.05) is 6.54 Å². The number of carbonyl (C=O) groups excluding carboxylic acids is 2. The standard InChI is InChI=1S/C9H11N5O2/c1-6-7(5-13-14-6)4-12-9(16)8(15)11-3-2-10/h5H,3-4H2,1H3,(H,11,15)(H,12,16)(H,13,14). The molecule has 0 aliphatic carbocycles. The van der Waals surface area contributed by atoms with Crippen molar-refractivity contribution in [3.8, 4) is 6.07 Å². The van der Waals surface area contributed by atoms with E-state index >= 15 is 0 Å². The highest BCUT2D eigenvalue weighted by Crippen LogP contribution is 2.00.